The van der Waals surface area contributed by atoms with Crippen molar-refractivity contribution >= 4 is 110 Å². The van der Waals surface area contributed by atoms with Crippen molar-refractivity contribution in [1.82, 2.24) is 48.0 Å². The van der Waals surface area contributed by atoms with E-state index in [2.05, 4.69) is 341 Å². The van der Waals surface area contributed by atoms with E-state index in [-0.39, 0.29) is 0 Å². The highest BCUT2D eigenvalue weighted by Gasteiger charge is 2.23. The minimum Gasteiger partial charge on any atom is -0.441 e. The number of aryl methyl sites for hydroxylation is 28. The Kier molecular flexibility index (Phi) is 27.4. The van der Waals surface area contributed by atoms with Gasteiger partial charge in [-0.2, -0.15) is 9.47 Å². The standard InChI is InChI=1S/2C15H21N.2C13H18N2.2C12H15NO.2C12H15NS/c2*1-8-9(2)11(4)15-14(10(8)3)12(5)13(6)16(15)7;1-7-8(2)10(4)13-12(9(7)3)14-11(5)15(13)6;1-7-8(2)10(4)13-12(9(7)3)11(5)15(6)14-13;1-6-7(2)9(4)12-11(8(6)3)13-10(5)14-12;1-6-7(2)9(4)12-11(8(6)3)10(5)14-13-12;1-6-7(2)9(4)12-11(8(6)3)13-10(5)14-12;1-6-7(2)9(4)12-11(8(6)3)10(5)14-13-12/h2*1-7H3;2*1-6H3;4*1-5H3. The third-order valence-electron chi connectivity index (χ3n) is 29.1. The quantitative estimate of drug-likeness (QED) is 0.147. The number of imidazole rings is 1. The van der Waals surface area contributed by atoms with E-state index >= 15 is 0 Å². The molecule has 0 N–H and O–H groups in total. The lowest BCUT2D eigenvalue weighted by Crippen LogP contribution is -1.97. The van der Waals surface area contributed by atoms with Gasteiger partial charge in [-0.05, 0) is 485 Å². The van der Waals surface area contributed by atoms with E-state index in [1.807, 2.05) is 25.6 Å². The Morgan fingerprint density at radius 3 is 1.06 bits per heavy atom. The van der Waals surface area contributed by atoms with Crippen LogP contribution in [0, 0.1) is 291 Å². The first-order chi connectivity index (χ1) is 54.8. The Morgan fingerprint density at radius 1 is 0.254 bits per heavy atom. The van der Waals surface area contributed by atoms with Gasteiger partial charge < -0.3 is 22.6 Å². The molecule has 0 bridgehead atoms. The number of hydrogen-bond acceptors (Lipinski definition) is 10. The van der Waals surface area contributed by atoms with Crippen molar-refractivity contribution in [2.75, 3.05) is 0 Å². The van der Waals surface area contributed by atoms with Crippen LogP contribution in [0.4, 0.5) is 0 Å². The largest absolute Gasteiger partial charge is 0.441 e. The van der Waals surface area contributed by atoms with Crippen molar-refractivity contribution < 1.29 is 8.94 Å². The molecule has 0 saturated heterocycles. The molecule has 0 aliphatic rings. The molecule has 8 aromatic heterocycles. The van der Waals surface area contributed by atoms with E-state index in [0.29, 0.717) is 0 Å². The molecule has 0 unspecified atom stereocenters. The van der Waals surface area contributed by atoms with Gasteiger partial charge in [0, 0.05) is 84.0 Å². The van der Waals surface area contributed by atoms with Crippen LogP contribution in [-0.4, -0.2) is 48.0 Å². The molecule has 0 fully saturated rings. The van der Waals surface area contributed by atoms with E-state index in [0.717, 1.165) is 50.1 Å². The molecule has 14 heteroatoms. The fourth-order valence-corrected chi connectivity index (χ4v) is 19.5. The molecule has 628 valence electrons. The Bertz CT molecular complexity index is 6090. The summed E-state index contributed by atoms with van der Waals surface area (Å²) in [6.07, 6.45) is 0. The maximum Gasteiger partial charge on any atom is 0.192 e. The molecule has 8 aromatic carbocycles. The third kappa shape index (κ3) is 16.0. The van der Waals surface area contributed by atoms with Crippen molar-refractivity contribution in [2.24, 2.45) is 28.2 Å². The zero-order chi connectivity index (χ0) is 88.9. The molecule has 0 radical (unpaired) electrons. The van der Waals surface area contributed by atoms with E-state index in [1.54, 1.807) is 22.9 Å². The highest BCUT2D eigenvalue weighted by atomic mass is 32.1. The molecule has 16 rings (SSSR count). The molecule has 0 aliphatic heterocycles. The normalized spacial score (nSPS) is 11.3. The predicted octanol–water partition coefficient (Wildman–Crippen LogP) is 28.7. The second-order valence-electron chi connectivity index (χ2n) is 34.6. The Morgan fingerprint density at radius 2 is 0.602 bits per heavy atom. The van der Waals surface area contributed by atoms with Gasteiger partial charge in [0.2, 0.25) is 0 Å². The van der Waals surface area contributed by atoms with Crippen molar-refractivity contribution in [3.63, 3.8) is 0 Å². The monoisotopic (exact) mass is 1620 g/mol. The summed E-state index contributed by atoms with van der Waals surface area (Å²) in [4.78, 5) is 15.0. The first-order valence-corrected chi connectivity index (χ1v) is 43.5. The van der Waals surface area contributed by atoms with Crippen LogP contribution in [0.2, 0.25) is 0 Å². The molecule has 0 amide bonds. The van der Waals surface area contributed by atoms with Gasteiger partial charge >= 0.3 is 0 Å². The molecular weight excluding hydrogens is 1490 g/mol. The van der Waals surface area contributed by atoms with Crippen molar-refractivity contribution in [3.05, 3.63) is 234 Å². The molecule has 118 heavy (non-hydrogen) atoms. The number of benzene rings is 8. The smallest absolute Gasteiger partial charge is 0.192 e. The molecule has 0 aliphatic carbocycles. The zero-order valence-electron chi connectivity index (χ0n) is 81.1. The van der Waals surface area contributed by atoms with Gasteiger partial charge in [0.25, 0.3) is 0 Å². The average molecular weight is 1620 g/mol. The van der Waals surface area contributed by atoms with E-state index in [9.17, 15) is 0 Å². The van der Waals surface area contributed by atoms with Gasteiger partial charge in [-0.25, -0.2) is 15.0 Å². The summed E-state index contributed by atoms with van der Waals surface area (Å²) in [7, 11) is 8.45. The highest BCUT2D eigenvalue weighted by Crippen LogP contribution is 2.40. The molecule has 12 nitrogen and oxygen atoms in total. The van der Waals surface area contributed by atoms with Crippen LogP contribution in [-0.2, 0) is 28.2 Å². The van der Waals surface area contributed by atoms with Crippen molar-refractivity contribution in [2.45, 2.75) is 291 Å². The molecule has 0 saturated carbocycles. The van der Waals surface area contributed by atoms with Crippen LogP contribution >= 0.6 is 22.9 Å². The highest BCUT2D eigenvalue weighted by molar-refractivity contribution is 7.18. The number of nitrogens with zero attached hydrogens (tertiary/aromatic N) is 10. The summed E-state index contributed by atoms with van der Waals surface area (Å²) in [6.45, 7) is 91.0. The number of thiazole rings is 1. The topological polar surface area (TPSA) is 123 Å². The number of fused-ring (bicyclic) bond motifs is 8. The van der Waals surface area contributed by atoms with Gasteiger partial charge in [0.15, 0.2) is 11.5 Å². The second kappa shape index (κ2) is 35.1. The van der Waals surface area contributed by atoms with E-state index in [1.165, 1.54) is 270 Å². The minimum atomic E-state index is 0.746. The van der Waals surface area contributed by atoms with Crippen LogP contribution < -0.4 is 0 Å². The fourth-order valence-electron chi connectivity index (χ4n) is 17.7. The number of rotatable bonds is 0. The second-order valence-corrected chi connectivity index (χ2v) is 36.8. The van der Waals surface area contributed by atoms with Crippen molar-refractivity contribution in [1.29, 1.82) is 0 Å². The number of aromatic nitrogens is 10. The summed E-state index contributed by atoms with van der Waals surface area (Å²) >= 11 is 3.42. The fraction of sp³-hybridized carbons (Fsp3) is 0.442. The van der Waals surface area contributed by atoms with Crippen LogP contribution in [0.5, 0.6) is 0 Å². The summed E-state index contributed by atoms with van der Waals surface area (Å²) in [5.74, 6) is 2.75. The van der Waals surface area contributed by atoms with E-state index < -0.39 is 0 Å². The molecule has 16 aromatic rings. The van der Waals surface area contributed by atoms with E-state index in [4.69, 9.17) is 8.94 Å². The Balaban J connectivity index is 0.000000154. The van der Waals surface area contributed by atoms with Gasteiger partial charge in [-0.3, -0.25) is 4.68 Å². The van der Waals surface area contributed by atoms with Gasteiger partial charge in [0.1, 0.15) is 22.6 Å². The number of hydrogen-bond donors (Lipinski definition) is 0. The minimum absolute atomic E-state index is 0.746. The maximum absolute atomic E-state index is 5.60. The Hall–Kier alpha value is -9.50. The average Bonchev–Trinajstić information content (AvgIpc) is 1.60. The molecule has 0 spiro atoms. The first kappa shape index (κ1) is 92.4. The van der Waals surface area contributed by atoms with Crippen LogP contribution in [0.15, 0.2) is 8.94 Å². The Labute approximate surface area is 714 Å². The first-order valence-electron chi connectivity index (χ1n) is 41.9. The van der Waals surface area contributed by atoms with Crippen LogP contribution in [0.25, 0.3) is 86.9 Å². The number of oxazole rings is 1. The summed E-state index contributed by atoms with van der Waals surface area (Å²) < 4.78 is 25.6. The lowest BCUT2D eigenvalue weighted by molar-refractivity contribution is 0.405. The van der Waals surface area contributed by atoms with Crippen molar-refractivity contribution in [3.8, 4) is 0 Å². The lowest BCUT2D eigenvalue weighted by Gasteiger charge is -2.12. The lowest BCUT2D eigenvalue weighted by atomic mass is 9.94. The van der Waals surface area contributed by atoms with Gasteiger partial charge in [-0.1, -0.05) is 5.16 Å². The van der Waals surface area contributed by atoms with Gasteiger partial charge in [0.05, 0.1) is 48.3 Å². The SMILES string of the molecule is Cc1c(C)c(C)c2c(C)n(C)nc2c1C.Cc1c(C)c(C)c2c(C)onc2c1C.Cc1c(C)c(C)c2c(C)snc2c1C.Cc1c(C)c(C)c2c(c1C)c(C)c(C)n2C.Cc1c(C)c(C)c2c(c1C)c(C)c(C)n2C.Cc1c(C)c(C)c2c(nc(C)n2C)c1C.Cc1nc2c(C)c(C)c(C)c(C)c2o1.Cc1nc2c(C)c(C)c(C)c(C)c2s1. The molecule has 8 heterocycles. The molecule has 0 atom stereocenters. The third-order valence-corrected chi connectivity index (χ3v) is 30.9. The summed E-state index contributed by atoms with van der Waals surface area (Å²) in [5.41, 5.74) is 62.5. The maximum atomic E-state index is 5.60. The zero-order valence-corrected chi connectivity index (χ0v) is 82.7. The summed E-state index contributed by atoms with van der Waals surface area (Å²) in [5, 5.41) is 16.7. The van der Waals surface area contributed by atoms with Crippen LogP contribution in [0.1, 0.15) is 234 Å². The summed E-state index contributed by atoms with van der Waals surface area (Å²) in [6, 6.07) is 0. The van der Waals surface area contributed by atoms with Gasteiger partial charge in [-0.15, -0.1) is 11.3 Å². The molecular formula is C104H138N10O2S2. The van der Waals surface area contributed by atoms with Crippen LogP contribution in [0.3, 0.4) is 0 Å². The predicted molar refractivity (Wildman–Crippen MR) is 513 cm³/mol.